The minimum atomic E-state index is -0.317. The molecule has 0 saturated heterocycles. The molecule has 104 valence electrons. The van der Waals surface area contributed by atoms with E-state index in [0.717, 1.165) is 4.47 Å². The number of carbonyl (C=O) groups excluding carboxylic acids is 1. The Bertz CT molecular complexity index is 768. The maximum atomic E-state index is 12.3. The van der Waals surface area contributed by atoms with Crippen molar-refractivity contribution in [2.75, 3.05) is 12.1 Å². The predicted octanol–water partition coefficient (Wildman–Crippen LogP) is 3.30. The molecule has 0 saturated carbocycles. The number of amides is 1. The van der Waals surface area contributed by atoms with E-state index in [1.54, 1.807) is 36.4 Å². The van der Waals surface area contributed by atoms with Crippen LogP contribution in [0.5, 0.6) is 11.5 Å². The Morgan fingerprint density at radius 3 is 2.81 bits per heavy atom. The van der Waals surface area contributed by atoms with Crippen LogP contribution in [0.2, 0.25) is 0 Å². The second kappa shape index (κ2) is 5.46. The first-order valence-electron chi connectivity index (χ1n) is 6.08. The van der Waals surface area contributed by atoms with Crippen molar-refractivity contribution in [1.29, 1.82) is 5.26 Å². The number of benzene rings is 2. The predicted molar refractivity (Wildman–Crippen MR) is 79.4 cm³/mol. The fourth-order valence-electron chi connectivity index (χ4n) is 1.95. The third-order valence-electron chi connectivity index (χ3n) is 2.99. The summed E-state index contributed by atoms with van der Waals surface area (Å²) in [4.78, 5) is 12.3. The Kier molecular flexibility index (Phi) is 3.50. The lowest BCUT2D eigenvalue weighted by molar-refractivity contribution is 0.102. The number of rotatable bonds is 2. The maximum Gasteiger partial charge on any atom is 0.255 e. The van der Waals surface area contributed by atoms with Gasteiger partial charge in [0.1, 0.15) is 6.07 Å². The van der Waals surface area contributed by atoms with Gasteiger partial charge in [-0.05, 0) is 36.4 Å². The average molecular weight is 345 g/mol. The summed E-state index contributed by atoms with van der Waals surface area (Å²) in [5.41, 5.74) is 1.28. The summed E-state index contributed by atoms with van der Waals surface area (Å²) >= 11 is 3.32. The standard InChI is InChI=1S/C15H9BrN2O3/c16-11-3-1-10(7-17)12(6-11)18-15(19)9-2-4-13-14(5-9)21-8-20-13/h1-6H,8H2,(H,18,19). The average Bonchev–Trinajstić information content (AvgIpc) is 2.94. The van der Waals surface area contributed by atoms with Gasteiger partial charge in [0.15, 0.2) is 11.5 Å². The number of hydrogen-bond donors (Lipinski definition) is 1. The molecule has 0 fully saturated rings. The van der Waals surface area contributed by atoms with Crippen LogP contribution in [0, 0.1) is 11.3 Å². The number of carbonyl (C=O) groups is 1. The molecule has 21 heavy (non-hydrogen) atoms. The van der Waals surface area contributed by atoms with Gasteiger partial charge in [-0.1, -0.05) is 15.9 Å². The first-order valence-corrected chi connectivity index (χ1v) is 6.87. The molecule has 0 aliphatic carbocycles. The monoisotopic (exact) mass is 344 g/mol. The van der Waals surface area contributed by atoms with E-state index in [4.69, 9.17) is 14.7 Å². The van der Waals surface area contributed by atoms with Gasteiger partial charge < -0.3 is 14.8 Å². The number of nitriles is 1. The van der Waals surface area contributed by atoms with Gasteiger partial charge in [0.05, 0.1) is 11.3 Å². The number of ether oxygens (including phenoxy) is 2. The summed E-state index contributed by atoms with van der Waals surface area (Å²) in [7, 11) is 0. The van der Waals surface area contributed by atoms with Gasteiger partial charge in [-0.15, -0.1) is 0 Å². The highest BCUT2D eigenvalue weighted by molar-refractivity contribution is 9.10. The molecule has 1 amide bonds. The van der Waals surface area contributed by atoms with E-state index in [2.05, 4.69) is 21.2 Å². The van der Waals surface area contributed by atoms with Gasteiger partial charge in [-0.25, -0.2) is 0 Å². The van der Waals surface area contributed by atoms with E-state index in [9.17, 15) is 4.79 Å². The Hall–Kier alpha value is -2.52. The van der Waals surface area contributed by atoms with Crippen molar-refractivity contribution in [2.24, 2.45) is 0 Å². The number of anilines is 1. The van der Waals surface area contributed by atoms with Crippen LogP contribution in [0.25, 0.3) is 0 Å². The number of fused-ring (bicyclic) bond motifs is 1. The van der Waals surface area contributed by atoms with E-state index >= 15 is 0 Å². The molecule has 3 rings (SSSR count). The third kappa shape index (κ3) is 2.69. The topological polar surface area (TPSA) is 71.4 Å². The van der Waals surface area contributed by atoms with Crippen LogP contribution in [-0.2, 0) is 0 Å². The molecule has 1 heterocycles. The summed E-state index contributed by atoms with van der Waals surface area (Å²) in [5.74, 6) is 0.840. The minimum absolute atomic E-state index is 0.157. The van der Waals surface area contributed by atoms with Crippen LogP contribution in [0.4, 0.5) is 5.69 Å². The molecule has 6 heteroatoms. The largest absolute Gasteiger partial charge is 0.454 e. The molecule has 2 aromatic rings. The van der Waals surface area contributed by atoms with Crippen LogP contribution in [-0.4, -0.2) is 12.7 Å². The second-order valence-corrected chi connectivity index (χ2v) is 5.24. The summed E-state index contributed by atoms with van der Waals surface area (Å²) in [5, 5.41) is 11.8. The molecular weight excluding hydrogens is 336 g/mol. The van der Waals surface area contributed by atoms with Gasteiger partial charge >= 0.3 is 0 Å². The quantitative estimate of drug-likeness (QED) is 0.907. The molecule has 0 aromatic heterocycles. The van der Waals surface area contributed by atoms with E-state index in [0.29, 0.717) is 28.3 Å². The Balaban J connectivity index is 1.87. The van der Waals surface area contributed by atoms with E-state index in [1.807, 2.05) is 6.07 Å². The van der Waals surface area contributed by atoms with Crippen LogP contribution >= 0.6 is 15.9 Å². The molecule has 1 aliphatic rings. The minimum Gasteiger partial charge on any atom is -0.454 e. The number of nitrogens with one attached hydrogen (secondary N) is 1. The smallest absolute Gasteiger partial charge is 0.255 e. The SMILES string of the molecule is N#Cc1ccc(Br)cc1NC(=O)c1ccc2c(c1)OCO2. The summed E-state index contributed by atoms with van der Waals surface area (Å²) in [6.07, 6.45) is 0. The van der Waals surface area contributed by atoms with Gasteiger partial charge in [-0.2, -0.15) is 5.26 Å². The first-order chi connectivity index (χ1) is 10.2. The molecular formula is C15H9BrN2O3. The van der Waals surface area contributed by atoms with Crippen molar-refractivity contribution in [3.8, 4) is 17.6 Å². The van der Waals surface area contributed by atoms with E-state index < -0.39 is 0 Å². The molecule has 1 N–H and O–H groups in total. The lowest BCUT2D eigenvalue weighted by atomic mass is 10.1. The Morgan fingerprint density at radius 2 is 2.00 bits per heavy atom. The van der Waals surface area contributed by atoms with Crippen molar-refractivity contribution in [3.05, 3.63) is 52.0 Å². The highest BCUT2D eigenvalue weighted by Gasteiger charge is 2.17. The molecule has 2 aromatic carbocycles. The number of nitrogens with zero attached hydrogens (tertiary/aromatic N) is 1. The summed E-state index contributed by atoms with van der Waals surface area (Å²) in [6, 6.07) is 12.1. The zero-order chi connectivity index (χ0) is 14.8. The Labute approximate surface area is 129 Å². The molecule has 0 bridgehead atoms. The molecule has 0 spiro atoms. The highest BCUT2D eigenvalue weighted by Crippen LogP contribution is 2.32. The van der Waals surface area contributed by atoms with Crippen LogP contribution < -0.4 is 14.8 Å². The molecule has 0 radical (unpaired) electrons. The third-order valence-corrected chi connectivity index (χ3v) is 3.48. The zero-order valence-corrected chi connectivity index (χ0v) is 12.3. The van der Waals surface area contributed by atoms with Crippen LogP contribution in [0.3, 0.4) is 0 Å². The maximum absolute atomic E-state index is 12.3. The van der Waals surface area contributed by atoms with Gasteiger partial charge in [0.25, 0.3) is 5.91 Å². The van der Waals surface area contributed by atoms with Crippen molar-refractivity contribution < 1.29 is 14.3 Å². The fraction of sp³-hybridized carbons (Fsp3) is 0.0667. The fourth-order valence-corrected chi connectivity index (χ4v) is 2.31. The van der Waals surface area contributed by atoms with E-state index in [1.165, 1.54) is 0 Å². The van der Waals surface area contributed by atoms with Crippen LogP contribution in [0.15, 0.2) is 40.9 Å². The van der Waals surface area contributed by atoms with Crippen molar-refractivity contribution >= 4 is 27.5 Å². The van der Waals surface area contributed by atoms with Gasteiger partial charge in [0.2, 0.25) is 6.79 Å². The first kappa shape index (κ1) is 13.5. The molecule has 0 atom stereocenters. The van der Waals surface area contributed by atoms with Gasteiger partial charge in [0, 0.05) is 10.0 Å². The lowest BCUT2D eigenvalue weighted by Gasteiger charge is -2.08. The molecule has 1 aliphatic heterocycles. The normalized spacial score (nSPS) is 11.8. The second-order valence-electron chi connectivity index (χ2n) is 4.32. The summed E-state index contributed by atoms with van der Waals surface area (Å²) < 4.78 is 11.2. The van der Waals surface area contributed by atoms with Crippen molar-refractivity contribution in [2.45, 2.75) is 0 Å². The number of hydrogen-bond acceptors (Lipinski definition) is 4. The Morgan fingerprint density at radius 1 is 1.19 bits per heavy atom. The molecule has 5 nitrogen and oxygen atoms in total. The molecule has 0 unspecified atom stereocenters. The lowest BCUT2D eigenvalue weighted by Crippen LogP contribution is -2.12. The number of halogens is 1. The highest BCUT2D eigenvalue weighted by atomic mass is 79.9. The van der Waals surface area contributed by atoms with Gasteiger partial charge in [-0.3, -0.25) is 4.79 Å². The van der Waals surface area contributed by atoms with Crippen molar-refractivity contribution in [3.63, 3.8) is 0 Å². The zero-order valence-electron chi connectivity index (χ0n) is 10.7. The summed E-state index contributed by atoms with van der Waals surface area (Å²) in [6.45, 7) is 0.157. The van der Waals surface area contributed by atoms with E-state index in [-0.39, 0.29) is 12.7 Å². The van der Waals surface area contributed by atoms with Crippen LogP contribution in [0.1, 0.15) is 15.9 Å². The van der Waals surface area contributed by atoms with Crippen molar-refractivity contribution in [1.82, 2.24) is 0 Å².